The van der Waals surface area contributed by atoms with E-state index in [2.05, 4.69) is 10.4 Å². The molecule has 1 amide bonds. The molecule has 1 N–H and O–H groups in total. The van der Waals surface area contributed by atoms with Crippen molar-refractivity contribution in [3.63, 3.8) is 0 Å². The fraction of sp³-hybridized carbons (Fsp3) is 0.160. The van der Waals surface area contributed by atoms with Gasteiger partial charge in [0.1, 0.15) is 6.54 Å². The van der Waals surface area contributed by atoms with Gasteiger partial charge in [-0.15, -0.1) is 0 Å². The predicted molar refractivity (Wildman–Crippen MR) is 128 cm³/mol. The number of aromatic nitrogens is 2. The van der Waals surface area contributed by atoms with Crippen LogP contribution in [0.25, 0.3) is 22.0 Å². The lowest BCUT2D eigenvalue weighted by atomic mass is 9.99. The van der Waals surface area contributed by atoms with E-state index < -0.39 is 11.7 Å². The summed E-state index contributed by atoms with van der Waals surface area (Å²) in [5.41, 5.74) is 3.68. The van der Waals surface area contributed by atoms with E-state index in [1.165, 1.54) is 12.1 Å². The van der Waals surface area contributed by atoms with E-state index >= 15 is 0 Å². The lowest BCUT2D eigenvalue weighted by Gasteiger charge is -2.13. The zero-order valence-corrected chi connectivity index (χ0v) is 18.8. The summed E-state index contributed by atoms with van der Waals surface area (Å²) in [6.45, 7) is 3.68. The van der Waals surface area contributed by atoms with Crippen LogP contribution in [0.1, 0.15) is 11.1 Å². The van der Waals surface area contributed by atoms with Crippen molar-refractivity contribution in [1.82, 2.24) is 9.78 Å². The number of hydrogen-bond acceptors (Lipinski definition) is 4. The number of thioether (sulfide) groups is 1. The summed E-state index contributed by atoms with van der Waals surface area (Å²) >= 11 is 0.432. The molecule has 0 aliphatic heterocycles. The number of aryl methyl sites for hydroxylation is 2. The Hall–Kier alpha value is -3.52. The molecule has 1 heterocycles. The lowest BCUT2D eigenvalue weighted by molar-refractivity contribution is -0.117. The molecule has 0 fully saturated rings. The highest BCUT2D eigenvalue weighted by Crippen LogP contribution is 2.28. The van der Waals surface area contributed by atoms with Gasteiger partial charge in [0.05, 0.1) is 11.1 Å². The average molecular weight is 466 g/mol. The van der Waals surface area contributed by atoms with E-state index in [0.29, 0.717) is 33.4 Å². The molecule has 3 aromatic carbocycles. The first-order valence-electron chi connectivity index (χ1n) is 10.2. The number of nitrogens with zero attached hydrogens (tertiary/aromatic N) is 2. The molecule has 8 heteroatoms. The first-order valence-corrected chi connectivity index (χ1v) is 11.1. The van der Waals surface area contributed by atoms with Crippen LogP contribution >= 0.6 is 11.8 Å². The van der Waals surface area contributed by atoms with Gasteiger partial charge in [0.25, 0.3) is 11.3 Å². The summed E-state index contributed by atoms with van der Waals surface area (Å²) in [6.07, 6.45) is 0. The quantitative estimate of drug-likeness (QED) is 0.375. The molecular formula is C25H21F2N3O2S. The Morgan fingerprint density at radius 2 is 1.73 bits per heavy atom. The topological polar surface area (TPSA) is 64.0 Å². The van der Waals surface area contributed by atoms with Crippen molar-refractivity contribution in [1.29, 1.82) is 0 Å². The second kappa shape index (κ2) is 9.54. The monoisotopic (exact) mass is 465 g/mol. The minimum Gasteiger partial charge on any atom is -0.324 e. The summed E-state index contributed by atoms with van der Waals surface area (Å²) in [6, 6.07) is 19.3. The Kier molecular flexibility index (Phi) is 6.55. The lowest BCUT2D eigenvalue weighted by Crippen LogP contribution is -2.30. The van der Waals surface area contributed by atoms with E-state index in [0.717, 1.165) is 26.8 Å². The van der Waals surface area contributed by atoms with Crippen LogP contribution in [0, 0.1) is 13.8 Å². The van der Waals surface area contributed by atoms with E-state index in [-0.39, 0.29) is 12.1 Å². The van der Waals surface area contributed by atoms with E-state index in [4.69, 9.17) is 0 Å². The van der Waals surface area contributed by atoms with E-state index in [1.807, 2.05) is 44.2 Å². The van der Waals surface area contributed by atoms with Gasteiger partial charge in [-0.3, -0.25) is 9.59 Å². The SMILES string of the molecule is Cc1ccc(C)c(-c2nn(CC(=O)Nc3ccc(SC(F)F)cc3)c(=O)c3ccccc23)c1. The number of anilines is 1. The number of hydrogen-bond donors (Lipinski definition) is 1. The largest absolute Gasteiger partial charge is 0.324 e. The van der Waals surface area contributed by atoms with Gasteiger partial charge in [-0.2, -0.15) is 13.9 Å². The fourth-order valence-electron chi connectivity index (χ4n) is 3.59. The molecule has 4 aromatic rings. The number of rotatable bonds is 6. The second-order valence-corrected chi connectivity index (χ2v) is 8.69. The highest BCUT2D eigenvalue weighted by molar-refractivity contribution is 7.99. The second-order valence-electron chi connectivity index (χ2n) is 7.63. The van der Waals surface area contributed by atoms with Crippen LogP contribution in [0.15, 0.2) is 76.4 Å². The highest BCUT2D eigenvalue weighted by Gasteiger charge is 2.16. The third-order valence-corrected chi connectivity index (χ3v) is 5.90. The van der Waals surface area contributed by atoms with Gasteiger partial charge in [0.2, 0.25) is 5.91 Å². The summed E-state index contributed by atoms with van der Waals surface area (Å²) in [5.74, 6) is -2.96. The van der Waals surface area contributed by atoms with Crippen molar-refractivity contribution >= 4 is 34.1 Å². The maximum absolute atomic E-state index is 13.0. The molecule has 4 rings (SSSR count). The number of alkyl halides is 2. The van der Waals surface area contributed by atoms with Crippen molar-refractivity contribution in [2.24, 2.45) is 0 Å². The average Bonchev–Trinajstić information content (AvgIpc) is 2.78. The van der Waals surface area contributed by atoms with Crippen LogP contribution in [0.2, 0.25) is 0 Å². The number of benzene rings is 3. The smallest absolute Gasteiger partial charge is 0.288 e. The highest BCUT2D eigenvalue weighted by atomic mass is 32.2. The Morgan fingerprint density at radius 1 is 1.03 bits per heavy atom. The molecule has 0 bridgehead atoms. The summed E-state index contributed by atoms with van der Waals surface area (Å²) < 4.78 is 26.1. The van der Waals surface area contributed by atoms with Gasteiger partial charge in [-0.25, -0.2) is 4.68 Å². The van der Waals surface area contributed by atoms with Crippen LogP contribution in [-0.4, -0.2) is 21.4 Å². The van der Waals surface area contributed by atoms with Crippen LogP contribution < -0.4 is 10.9 Å². The van der Waals surface area contributed by atoms with Crippen LogP contribution in [0.5, 0.6) is 0 Å². The van der Waals surface area contributed by atoms with Crippen molar-refractivity contribution < 1.29 is 13.6 Å². The third kappa shape index (κ3) is 5.12. The van der Waals surface area contributed by atoms with Crippen LogP contribution in [0.3, 0.4) is 0 Å². The zero-order chi connectivity index (χ0) is 23.5. The zero-order valence-electron chi connectivity index (χ0n) is 18.0. The number of halogens is 2. The summed E-state index contributed by atoms with van der Waals surface area (Å²) in [7, 11) is 0. The first-order chi connectivity index (χ1) is 15.8. The Bertz CT molecular complexity index is 1390. The molecule has 0 saturated heterocycles. The number of fused-ring (bicyclic) bond motifs is 1. The van der Waals surface area contributed by atoms with E-state index in [9.17, 15) is 18.4 Å². The van der Waals surface area contributed by atoms with Gasteiger partial charge in [-0.1, -0.05) is 47.7 Å². The molecule has 1 aromatic heterocycles. The third-order valence-electron chi connectivity index (χ3n) is 5.17. The standard InChI is InChI=1S/C25H21F2N3O2S/c1-15-7-8-16(2)21(13-15)23-19-5-3-4-6-20(19)24(32)30(29-23)14-22(31)28-17-9-11-18(12-10-17)33-25(26)27/h3-13,25H,14H2,1-2H3,(H,28,31). The minimum atomic E-state index is -2.51. The van der Waals surface area contributed by atoms with Crippen molar-refractivity contribution in [3.05, 3.63) is 88.2 Å². The van der Waals surface area contributed by atoms with Gasteiger partial charge in [0, 0.05) is 21.5 Å². The maximum Gasteiger partial charge on any atom is 0.288 e. The molecule has 0 radical (unpaired) electrons. The van der Waals surface area contributed by atoms with E-state index in [1.54, 1.807) is 24.3 Å². The van der Waals surface area contributed by atoms with Crippen LogP contribution in [-0.2, 0) is 11.3 Å². The predicted octanol–water partition coefficient (Wildman–Crippen LogP) is 5.63. The minimum absolute atomic E-state index is 0.283. The number of nitrogens with one attached hydrogen (secondary N) is 1. The van der Waals surface area contributed by atoms with Crippen molar-refractivity contribution in [2.75, 3.05) is 5.32 Å². The maximum atomic E-state index is 13.0. The summed E-state index contributed by atoms with van der Waals surface area (Å²) in [4.78, 5) is 26.1. The van der Waals surface area contributed by atoms with Crippen molar-refractivity contribution in [3.8, 4) is 11.3 Å². The molecule has 33 heavy (non-hydrogen) atoms. The molecular weight excluding hydrogens is 444 g/mol. The molecule has 0 unspecified atom stereocenters. The van der Waals surface area contributed by atoms with Gasteiger partial charge in [0.15, 0.2) is 0 Å². The number of carbonyl (C=O) groups excluding carboxylic acids is 1. The van der Waals surface area contributed by atoms with Gasteiger partial charge >= 0.3 is 0 Å². The molecule has 5 nitrogen and oxygen atoms in total. The van der Waals surface area contributed by atoms with Gasteiger partial charge in [-0.05, 0) is 55.8 Å². The normalized spacial score (nSPS) is 11.2. The first kappa shape index (κ1) is 22.7. The Labute approximate surface area is 193 Å². The fourth-order valence-corrected chi connectivity index (χ4v) is 4.09. The molecule has 0 aliphatic rings. The summed E-state index contributed by atoms with van der Waals surface area (Å²) in [5, 5.41) is 8.45. The molecule has 0 aliphatic carbocycles. The van der Waals surface area contributed by atoms with Gasteiger partial charge < -0.3 is 5.32 Å². The van der Waals surface area contributed by atoms with Crippen molar-refractivity contribution in [2.45, 2.75) is 31.0 Å². The Balaban J connectivity index is 1.67. The molecule has 0 spiro atoms. The van der Waals surface area contributed by atoms with Crippen LogP contribution in [0.4, 0.5) is 14.5 Å². The Morgan fingerprint density at radius 3 is 2.42 bits per heavy atom. The number of amides is 1. The molecule has 0 saturated carbocycles. The molecule has 0 atom stereocenters. The number of carbonyl (C=O) groups is 1. The molecule has 168 valence electrons.